The minimum absolute atomic E-state index is 0.149. The first-order chi connectivity index (χ1) is 9.38. The summed E-state index contributed by atoms with van der Waals surface area (Å²) in [5.74, 6) is -1.18. The Morgan fingerprint density at radius 2 is 2.10 bits per heavy atom. The Morgan fingerprint density at radius 3 is 2.60 bits per heavy atom. The van der Waals surface area contributed by atoms with Gasteiger partial charge in [0, 0.05) is 6.54 Å². The maximum absolute atomic E-state index is 12.2. The maximum atomic E-state index is 12.2. The zero-order valence-corrected chi connectivity index (χ0v) is 12.2. The highest BCUT2D eigenvalue weighted by molar-refractivity contribution is 5.82. The van der Waals surface area contributed by atoms with Gasteiger partial charge in [0.25, 0.3) is 0 Å². The first-order valence-electron chi connectivity index (χ1n) is 6.93. The van der Waals surface area contributed by atoms with Crippen LogP contribution >= 0.6 is 0 Å². The number of nitrogens with zero attached hydrogens (tertiary/aromatic N) is 1. The Labute approximate surface area is 118 Å². The second kappa shape index (κ2) is 7.44. The molecule has 1 fully saturated rings. The van der Waals surface area contributed by atoms with Crippen molar-refractivity contribution in [2.45, 2.75) is 45.4 Å². The predicted molar refractivity (Wildman–Crippen MR) is 72.4 cm³/mol. The molecule has 1 rings (SSSR count). The highest BCUT2D eigenvalue weighted by atomic mass is 16.5. The number of rotatable bonds is 5. The Balaban J connectivity index is 2.66. The largest absolute Gasteiger partial charge is 0.480 e. The Morgan fingerprint density at radius 1 is 1.45 bits per heavy atom. The van der Waals surface area contributed by atoms with Crippen molar-refractivity contribution in [3.05, 3.63) is 0 Å². The molecule has 0 aromatic carbocycles. The minimum Gasteiger partial charge on any atom is -0.480 e. The van der Waals surface area contributed by atoms with Gasteiger partial charge in [-0.3, -0.25) is 0 Å². The summed E-state index contributed by atoms with van der Waals surface area (Å²) in [4.78, 5) is 24.9. The average Bonchev–Trinajstić information content (AvgIpc) is 2.42. The first-order valence-corrected chi connectivity index (χ1v) is 6.93. The summed E-state index contributed by atoms with van der Waals surface area (Å²) in [6.45, 7) is 5.96. The molecule has 20 heavy (non-hydrogen) atoms. The summed E-state index contributed by atoms with van der Waals surface area (Å²) in [6.07, 6.45) is 0.0608. The Bertz CT molecular complexity index is 350. The SMILES string of the molecule is CCC(C)[C@H](NC(=O)N1CC(C)OC(CO)C1)C(=O)O. The maximum Gasteiger partial charge on any atom is 0.326 e. The number of aliphatic hydroxyl groups excluding tert-OH is 1. The molecular weight excluding hydrogens is 264 g/mol. The zero-order valence-electron chi connectivity index (χ0n) is 12.2. The highest BCUT2D eigenvalue weighted by Crippen LogP contribution is 2.13. The fourth-order valence-corrected chi connectivity index (χ4v) is 2.22. The van der Waals surface area contributed by atoms with Crippen LogP contribution in [0.4, 0.5) is 4.79 Å². The molecule has 1 aliphatic heterocycles. The van der Waals surface area contributed by atoms with E-state index in [4.69, 9.17) is 9.84 Å². The summed E-state index contributed by atoms with van der Waals surface area (Å²) in [5.41, 5.74) is 0. The molecule has 0 bridgehead atoms. The van der Waals surface area contributed by atoms with Crippen molar-refractivity contribution < 1.29 is 24.5 Å². The predicted octanol–water partition coefficient (Wildman–Crippen LogP) is 0.277. The molecule has 1 heterocycles. The van der Waals surface area contributed by atoms with Gasteiger partial charge in [0.2, 0.25) is 0 Å². The summed E-state index contributed by atoms with van der Waals surface area (Å²) < 4.78 is 5.45. The van der Waals surface area contributed by atoms with Crippen molar-refractivity contribution in [2.75, 3.05) is 19.7 Å². The molecule has 7 nitrogen and oxygen atoms in total. The fraction of sp³-hybridized carbons (Fsp3) is 0.846. The van der Waals surface area contributed by atoms with Crippen molar-refractivity contribution in [2.24, 2.45) is 5.92 Å². The number of aliphatic hydroxyl groups is 1. The molecule has 116 valence electrons. The van der Waals surface area contributed by atoms with Gasteiger partial charge in [0.1, 0.15) is 6.04 Å². The third-order valence-electron chi connectivity index (χ3n) is 3.58. The smallest absolute Gasteiger partial charge is 0.326 e. The van der Waals surface area contributed by atoms with E-state index in [2.05, 4.69) is 5.32 Å². The molecule has 3 N–H and O–H groups in total. The molecule has 2 amide bonds. The van der Waals surface area contributed by atoms with Crippen LogP contribution in [0.25, 0.3) is 0 Å². The van der Waals surface area contributed by atoms with E-state index in [9.17, 15) is 14.7 Å². The molecule has 0 spiro atoms. The van der Waals surface area contributed by atoms with E-state index in [0.717, 1.165) is 0 Å². The number of hydrogen-bond acceptors (Lipinski definition) is 4. The number of carboxylic acids is 1. The van der Waals surface area contributed by atoms with Gasteiger partial charge in [-0.05, 0) is 12.8 Å². The molecule has 3 unspecified atom stereocenters. The van der Waals surface area contributed by atoms with Gasteiger partial charge in [-0.2, -0.15) is 0 Å². The summed E-state index contributed by atoms with van der Waals surface area (Å²) in [7, 11) is 0. The number of hydrogen-bond donors (Lipinski definition) is 3. The van der Waals surface area contributed by atoms with Crippen LogP contribution in [-0.4, -0.2) is 65.1 Å². The second-order valence-electron chi connectivity index (χ2n) is 5.31. The number of carbonyl (C=O) groups is 2. The molecule has 0 aromatic rings. The summed E-state index contributed by atoms with van der Waals surface area (Å²) in [6, 6.07) is -1.33. The van der Waals surface area contributed by atoms with Crippen LogP contribution in [0, 0.1) is 5.92 Å². The number of ether oxygens (including phenoxy) is 1. The molecule has 1 saturated heterocycles. The van der Waals surface area contributed by atoms with E-state index < -0.39 is 24.1 Å². The number of urea groups is 1. The Kier molecular flexibility index (Phi) is 6.22. The summed E-state index contributed by atoms with van der Waals surface area (Å²) >= 11 is 0. The molecule has 1 aliphatic rings. The van der Waals surface area contributed by atoms with E-state index in [1.165, 1.54) is 4.90 Å². The van der Waals surface area contributed by atoms with Crippen LogP contribution in [0.2, 0.25) is 0 Å². The number of nitrogens with one attached hydrogen (secondary N) is 1. The van der Waals surface area contributed by atoms with Gasteiger partial charge < -0.3 is 25.2 Å². The van der Waals surface area contributed by atoms with Crippen LogP contribution in [0.1, 0.15) is 27.2 Å². The van der Waals surface area contributed by atoms with Crippen LogP contribution in [-0.2, 0) is 9.53 Å². The van der Waals surface area contributed by atoms with Gasteiger partial charge in [-0.15, -0.1) is 0 Å². The van der Waals surface area contributed by atoms with Crippen molar-refractivity contribution in [3.63, 3.8) is 0 Å². The zero-order chi connectivity index (χ0) is 15.3. The second-order valence-corrected chi connectivity index (χ2v) is 5.31. The normalized spacial score (nSPS) is 25.9. The third-order valence-corrected chi connectivity index (χ3v) is 3.58. The summed E-state index contributed by atoms with van der Waals surface area (Å²) in [5, 5.41) is 20.9. The monoisotopic (exact) mass is 288 g/mol. The van der Waals surface area contributed by atoms with Crippen molar-refractivity contribution >= 4 is 12.0 Å². The standard InChI is InChI=1S/C13H24N2O5/c1-4-8(2)11(12(17)18)14-13(19)15-5-9(3)20-10(6-15)7-16/h8-11,16H,4-7H2,1-3H3,(H,14,19)(H,17,18)/t8?,9?,10?,11-/m0/s1. The third kappa shape index (κ3) is 4.35. The van der Waals surface area contributed by atoms with E-state index in [0.29, 0.717) is 13.0 Å². The fourth-order valence-electron chi connectivity index (χ4n) is 2.22. The molecule has 0 saturated carbocycles. The molecule has 7 heteroatoms. The lowest BCUT2D eigenvalue weighted by Crippen LogP contribution is -2.56. The average molecular weight is 288 g/mol. The molecule has 4 atom stereocenters. The lowest BCUT2D eigenvalue weighted by Gasteiger charge is -2.36. The highest BCUT2D eigenvalue weighted by Gasteiger charge is 2.31. The van der Waals surface area contributed by atoms with E-state index in [1.807, 2.05) is 13.8 Å². The van der Waals surface area contributed by atoms with Crippen molar-refractivity contribution in [3.8, 4) is 0 Å². The number of aliphatic carboxylic acids is 1. The van der Waals surface area contributed by atoms with Crippen molar-refractivity contribution in [1.29, 1.82) is 0 Å². The topological polar surface area (TPSA) is 99.1 Å². The number of amides is 2. The molecule has 0 radical (unpaired) electrons. The van der Waals surface area contributed by atoms with Crippen molar-refractivity contribution in [1.82, 2.24) is 10.2 Å². The molecular formula is C13H24N2O5. The lowest BCUT2D eigenvalue weighted by molar-refractivity contribution is -0.140. The van der Waals surface area contributed by atoms with Crippen LogP contribution in [0.15, 0.2) is 0 Å². The lowest BCUT2D eigenvalue weighted by atomic mass is 9.99. The van der Waals surface area contributed by atoms with Crippen LogP contribution in [0.5, 0.6) is 0 Å². The van der Waals surface area contributed by atoms with E-state index in [-0.39, 0.29) is 25.2 Å². The van der Waals surface area contributed by atoms with Gasteiger partial charge in [-0.25, -0.2) is 9.59 Å². The van der Waals surface area contributed by atoms with E-state index >= 15 is 0 Å². The molecule has 0 aromatic heterocycles. The number of morpholine rings is 1. The van der Waals surface area contributed by atoms with Crippen LogP contribution < -0.4 is 5.32 Å². The van der Waals surface area contributed by atoms with Gasteiger partial charge in [-0.1, -0.05) is 20.3 Å². The van der Waals surface area contributed by atoms with Gasteiger partial charge in [0.15, 0.2) is 0 Å². The Hall–Kier alpha value is -1.34. The number of carboxylic acid groups (broad SMARTS) is 1. The molecule has 0 aliphatic carbocycles. The minimum atomic E-state index is -1.03. The van der Waals surface area contributed by atoms with Crippen LogP contribution in [0.3, 0.4) is 0 Å². The number of carbonyl (C=O) groups excluding carboxylic acids is 1. The van der Waals surface area contributed by atoms with E-state index in [1.54, 1.807) is 6.92 Å². The first kappa shape index (κ1) is 16.7. The quantitative estimate of drug-likeness (QED) is 0.674. The van der Waals surface area contributed by atoms with Gasteiger partial charge in [0.05, 0.1) is 25.4 Å². The van der Waals surface area contributed by atoms with Gasteiger partial charge >= 0.3 is 12.0 Å².